The molecule has 140 valence electrons. The van der Waals surface area contributed by atoms with E-state index in [1.165, 1.54) is 5.56 Å². The van der Waals surface area contributed by atoms with Crippen LogP contribution >= 0.6 is 0 Å². The Hall–Kier alpha value is -2.14. The second kappa shape index (κ2) is 7.23. The Balaban J connectivity index is 1.70. The van der Waals surface area contributed by atoms with Gasteiger partial charge < -0.3 is 10.0 Å². The minimum absolute atomic E-state index is 0.0237. The molecule has 2 heterocycles. The van der Waals surface area contributed by atoms with E-state index in [1.807, 2.05) is 37.8 Å². The van der Waals surface area contributed by atoms with E-state index in [1.54, 1.807) is 0 Å². The Kier molecular flexibility index (Phi) is 5.19. The summed E-state index contributed by atoms with van der Waals surface area (Å²) in [5.41, 5.74) is 3.89. The summed E-state index contributed by atoms with van der Waals surface area (Å²) in [6.45, 7) is 9.18. The number of hydrogen-bond donors (Lipinski definition) is 2. The maximum Gasteiger partial charge on any atom is 0.272 e. The smallest absolute Gasteiger partial charge is 0.272 e. The van der Waals surface area contributed by atoms with Crippen LogP contribution in [0.1, 0.15) is 54.7 Å². The van der Waals surface area contributed by atoms with Gasteiger partial charge in [-0.2, -0.15) is 5.10 Å². The first-order chi connectivity index (χ1) is 12.2. The number of H-pyrrole nitrogens is 1. The molecular weight excluding hydrogens is 326 g/mol. The van der Waals surface area contributed by atoms with E-state index in [2.05, 4.69) is 29.3 Å². The number of piperidine rings is 1. The number of aliphatic hydroxyl groups is 1. The molecule has 2 aromatic rings. The van der Waals surface area contributed by atoms with Crippen LogP contribution in [0.4, 0.5) is 0 Å². The SMILES string of the molecule is Cc1cccc(-c2n[nH]c(C(=O)N3CCC(CC(C)(C)O)CC3)c2C)c1. The number of aromatic nitrogens is 2. The highest BCUT2D eigenvalue weighted by atomic mass is 16.3. The number of likely N-dealkylation sites (tertiary alicyclic amines) is 1. The van der Waals surface area contributed by atoms with Gasteiger partial charge >= 0.3 is 0 Å². The summed E-state index contributed by atoms with van der Waals surface area (Å²) < 4.78 is 0. The maximum absolute atomic E-state index is 12.9. The summed E-state index contributed by atoms with van der Waals surface area (Å²) in [5.74, 6) is 0.500. The summed E-state index contributed by atoms with van der Waals surface area (Å²) >= 11 is 0. The molecule has 5 nitrogen and oxygen atoms in total. The van der Waals surface area contributed by atoms with Crippen molar-refractivity contribution >= 4 is 5.91 Å². The third kappa shape index (κ3) is 4.15. The Morgan fingerprint density at radius 2 is 2.00 bits per heavy atom. The molecule has 1 aromatic carbocycles. The van der Waals surface area contributed by atoms with Crippen LogP contribution in [0.25, 0.3) is 11.3 Å². The maximum atomic E-state index is 12.9. The second-order valence-electron chi connectivity index (χ2n) is 8.19. The van der Waals surface area contributed by atoms with Crippen LogP contribution in [0, 0.1) is 19.8 Å². The highest BCUT2D eigenvalue weighted by molar-refractivity contribution is 5.95. The lowest BCUT2D eigenvalue weighted by molar-refractivity contribution is 0.0356. The highest BCUT2D eigenvalue weighted by Gasteiger charge is 2.29. The molecule has 1 aromatic heterocycles. The number of benzene rings is 1. The second-order valence-corrected chi connectivity index (χ2v) is 8.19. The standard InChI is InChI=1S/C21H29N3O2/c1-14-6-5-7-17(12-14)18-15(2)19(23-22-18)20(25)24-10-8-16(9-11-24)13-21(3,4)26/h5-7,12,16,26H,8-11,13H2,1-4H3,(H,22,23). The molecule has 0 spiro atoms. The zero-order valence-corrected chi connectivity index (χ0v) is 16.2. The summed E-state index contributed by atoms with van der Waals surface area (Å²) in [4.78, 5) is 14.8. The fraction of sp³-hybridized carbons (Fsp3) is 0.524. The largest absolute Gasteiger partial charge is 0.390 e. The van der Waals surface area contributed by atoms with Crippen molar-refractivity contribution in [3.8, 4) is 11.3 Å². The predicted molar refractivity (Wildman–Crippen MR) is 103 cm³/mol. The molecule has 5 heteroatoms. The Bertz CT molecular complexity index is 781. The minimum Gasteiger partial charge on any atom is -0.390 e. The average Bonchev–Trinajstić information content (AvgIpc) is 2.95. The number of aromatic amines is 1. The van der Waals surface area contributed by atoms with E-state index >= 15 is 0 Å². The predicted octanol–water partition coefficient (Wildman–Crippen LogP) is 3.71. The number of rotatable bonds is 4. The van der Waals surface area contributed by atoms with Crippen molar-refractivity contribution in [2.75, 3.05) is 13.1 Å². The first-order valence-electron chi connectivity index (χ1n) is 9.38. The molecule has 26 heavy (non-hydrogen) atoms. The molecule has 3 rings (SSSR count). The molecule has 1 saturated heterocycles. The van der Waals surface area contributed by atoms with E-state index in [9.17, 15) is 9.90 Å². The van der Waals surface area contributed by atoms with Gasteiger partial charge in [-0.15, -0.1) is 0 Å². The molecule has 0 unspecified atom stereocenters. The quantitative estimate of drug-likeness (QED) is 0.878. The van der Waals surface area contributed by atoms with Gasteiger partial charge in [0.1, 0.15) is 5.69 Å². The zero-order valence-electron chi connectivity index (χ0n) is 16.2. The number of nitrogens with one attached hydrogen (secondary N) is 1. The number of amides is 1. The molecule has 1 amide bonds. The summed E-state index contributed by atoms with van der Waals surface area (Å²) in [5, 5.41) is 17.4. The lowest BCUT2D eigenvalue weighted by Gasteiger charge is -2.34. The zero-order chi connectivity index (χ0) is 18.9. The van der Waals surface area contributed by atoms with Gasteiger partial charge in [0.05, 0.1) is 11.3 Å². The number of nitrogens with zero attached hydrogens (tertiary/aromatic N) is 2. The van der Waals surface area contributed by atoms with Crippen molar-refractivity contribution < 1.29 is 9.90 Å². The highest BCUT2D eigenvalue weighted by Crippen LogP contribution is 2.28. The molecule has 1 fully saturated rings. The van der Waals surface area contributed by atoms with Crippen LogP contribution in [-0.4, -0.2) is 44.8 Å². The number of hydrogen-bond acceptors (Lipinski definition) is 3. The van der Waals surface area contributed by atoms with Crippen molar-refractivity contribution in [1.82, 2.24) is 15.1 Å². The monoisotopic (exact) mass is 355 g/mol. The van der Waals surface area contributed by atoms with Gasteiger partial charge in [-0.25, -0.2) is 0 Å². The molecule has 0 saturated carbocycles. The summed E-state index contributed by atoms with van der Waals surface area (Å²) in [7, 11) is 0. The Labute approximate surface area is 155 Å². The van der Waals surface area contributed by atoms with Gasteiger partial charge in [-0.05, 0) is 58.9 Å². The average molecular weight is 355 g/mol. The number of aryl methyl sites for hydroxylation is 1. The van der Waals surface area contributed by atoms with Crippen LogP contribution in [0.3, 0.4) is 0 Å². The first-order valence-corrected chi connectivity index (χ1v) is 9.38. The van der Waals surface area contributed by atoms with Gasteiger partial charge in [-0.1, -0.05) is 23.8 Å². The van der Waals surface area contributed by atoms with Crippen molar-refractivity contribution in [3.05, 3.63) is 41.1 Å². The Morgan fingerprint density at radius 1 is 1.31 bits per heavy atom. The summed E-state index contributed by atoms with van der Waals surface area (Å²) in [6, 6.07) is 8.16. The van der Waals surface area contributed by atoms with Crippen LogP contribution in [0.5, 0.6) is 0 Å². The van der Waals surface area contributed by atoms with Gasteiger partial charge in [0.15, 0.2) is 0 Å². The van der Waals surface area contributed by atoms with Crippen molar-refractivity contribution in [1.29, 1.82) is 0 Å². The molecule has 0 aliphatic carbocycles. The van der Waals surface area contributed by atoms with E-state index in [0.717, 1.165) is 49.2 Å². The minimum atomic E-state index is -0.639. The third-order valence-corrected chi connectivity index (χ3v) is 5.21. The van der Waals surface area contributed by atoms with Gasteiger partial charge in [-0.3, -0.25) is 9.89 Å². The Morgan fingerprint density at radius 3 is 2.62 bits per heavy atom. The summed E-state index contributed by atoms with van der Waals surface area (Å²) in [6.07, 6.45) is 2.66. The molecule has 2 N–H and O–H groups in total. The van der Waals surface area contributed by atoms with Crippen molar-refractivity contribution in [3.63, 3.8) is 0 Å². The lowest BCUT2D eigenvalue weighted by Crippen LogP contribution is -2.40. The first kappa shape index (κ1) is 18.6. The third-order valence-electron chi connectivity index (χ3n) is 5.21. The van der Waals surface area contributed by atoms with Crippen LogP contribution in [-0.2, 0) is 0 Å². The molecule has 1 aliphatic rings. The number of carbonyl (C=O) groups excluding carboxylic acids is 1. The van der Waals surface area contributed by atoms with Gasteiger partial charge in [0, 0.05) is 24.2 Å². The van der Waals surface area contributed by atoms with E-state index < -0.39 is 5.60 Å². The topological polar surface area (TPSA) is 69.2 Å². The van der Waals surface area contributed by atoms with Crippen LogP contribution in [0.15, 0.2) is 24.3 Å². The van der Waals surface area contributed by atoms with Gasteiger partial charge in [0.2, 0.25) is 0 Å². The fourth-order valence-electron chi connectivity index (χ4n) is 3.88. The molecular formula is C21H29N3O2. The fourth-order valence-corrected chi connectivity index (χ4v) is 3.88. The molecule has 0 radical (unpaired) electrons. The van der Waals surface area contributed by atoms with Crippen molar-refractivity contribution in [2.24, 2.45) is 5.92 Å². The van der Waals surface area contributed by atoms with E-state index in [0.29, 0.717) is 11.6 Å². The molecule has 1 aliphatic heterocycles. The van der Waals surface area contributed by atoms with Crippen LogP contribution < -0.4 is 0 Å². The number of carbonyl (C=O) groups is 1. The molecule has 0 bridgehead atoms. The lowest BCUT2D eigenvalue weighted by atomic mass is 9.86. The van der Waals surface area contributed by atoms with E-state index in [4.69, 9.17) is 0 Å². The normalized spacial score (nSPS) is 16.1. The van der Waals surface area contributed by atoms with E-state index in [-0.39, 0.29) is 5.91 Å². The van der Waals surface area contributed by atoms with Gasteiger partial charge in [0.25, 0.3) is 5.91 Å². The van der Waals surface area contributed by atoms with Crippen molar-refractivity contribution in [2.45, 2.75) is 52.6 Å². The van der Waals surface area contributed by atoms with Crippen LogP contribution in [0.2, 0.25) is 0 Å². The molecule has 0 atom stereocenters.